The van der Waals surface area contributed by atoms with Crippen LogP contribution in [0.25, 0.3) is 0 Å². The molecule has 0 N–H and O–H groups in total. The van der Waals surface area contributed by atoms with Crippen LogP contribution >= 0.6 is 0 Å². The number of hydrogen-bond donors (Lipinski definition) is 0. The second-order valence-electron chi connectivity index (χ2n) is 12.8. The van der Waals surface area contributed by atoms with Gasteiger partial charge in [-0.1, -0.05) is 27.7 Å². The maximum absolute atomic E-state index is 13.1. The summed E-state index contributed by atoms with van der Waals surface area (Å²) in [4.78, 5) is 62.3. The molecule has 0 aromatic rings. The average molecular weight is 593 g/mol. The molecule has 42 heavy (non-hydrogen) atoms. The van der Waals surface area contributed by atoms with Gasteiger partial charge in [0.1, 0.15) is 37.1 Å². The van der Waals surface area contributed by atoms with Crippen LogP contribution in [-0.4, -0.2) is 73.6 Å². The van der Waals surface area contributed by atoms with Gasteiger partial charge in [-0.2, -0.15) is 0 Å². The van der Waals surface area contributed by atoms with E-state index in [4.69, 9.17) is 28.4 Å². The number of carbonyl (C=O) groups is 5. The Hall–Kier alpha value is -2.95. The van der Waals surface area contributed by atoms with E-state index in [1.807, 2.05) is 13.8 Å². The Kier molecular flexibility index (Phi) is 9.11. The van der Waals surface area contributed by atoms with E-state index in [9.17, 15) is 24.0 Å². The molecular formula is C31H44O11. The summed E-state index contributed by atoms with van der Waals surface area (Å²) in [7, 11) is 0. The fourth-order valence-electron chi connectivity index (χ4n) is 7.71. The van der Waals surface area contributed by atoms with E-state index in [0.717, 1.165) is 0 Å². The molecule has 0 amide bonds. The number of carbonyl (C=O) groups excluding carboxylic acids is 5. The van der Waals surface area contributed by atoms with Gasteiger partial charge in [0, 0.05) is 38.3 Å². The van der Waals surface area contributed by atoms with Crippen LogP contribution in [0.4, 0.5) is 0 Å². The van der Waals surface area contributed by atoms with Gasteiger partial charge in [-0.05, 0) is 43.4 Å². The molecule has 2 aliphatic heterocycles. The zero-order chi connectivity index (χ0) is 31.0. The number of hydrogen-bond acceptors (Lipinski definition) is 11. The van der Waals surface area contributed by atoms with Gasteiger partial charge in [-0.3, -0.25) is 19.2 Å². The lowest BCUT2D eigenvalue weighted by Gasteiger charge is -2.64. The van der Waals surface area contributed by atoms with E-state index in [2.05, 4.69) is 6.92 Å². The molecule has 0 aromatic heterocycles. The van der Waals surface area contributed by atoms with Crippen molar-refractivity contribution >= 4 is 29.8 Å². The molecule has 3 fully saturated rings. The molecule has 2 aliphatic carbocycles. The summed E-state index contributed by atoms with van der Waals surface area (Å²) in [6, 6.07) is 0. The minimum absolute atomic E-state index is 0.00149. The summed E-state index contributed by atoms with van der Waals surface area (Å²) in [6.07, 6.45) is 1.53. The Morgan fingerprint density at radius 2 is 1.76 bits per heavy atom. The topological polar surface area (TPSA) is 144 Å². The van der Waals surface area contributed by atoms with E-state index >= 15 is 0 Å². The normalized spacial score (nSPS) is 36.5. The fourth-order valence-corrected chi connectivity index (χ4v) is 7.71. The molecule has 1 spiro atoms. The molecule has 0 unspecified atom stereocenters. The third kappa shape index (κ3) is 5.81. The Labute approximate surface area is 246 Å². The van der Waals surface area contributed by atoms with Gasteiger partial charge < -0.3 is 28.4 Å². The van der Waals surface area contributed by atoms with Crippen LogP contribution in [0.2, 0.25) is 0 Å². The number of ether oxygens (including phenoxy) is 6. The van der Waals surface area contributed by atoms with E-state index in [1.54, 1.807) is 6.92 Å². The first-order valence-electron chi connectivity index (χ1n) is 14.9. The van der Waals surface area contributed by atoms with Crippen molar-refractivity contribution in [3.8, 4) is 0 Å². The van der Waals surface area contributed by atoms with Gasteiger partial charge in [0.25, 0.3) is 0 Å². The zero-order valence-corrected chi connectivity index (χ0v) is 25.7. The standard InChI is InChI=1S/C31H44O11/c1-8-17(2)28(36)42-24(22-12-26(35)37-14-22)13-29(7)18(3)11-25(41-21(6)34)31(16-38-19(4)32)27(29)23(40-20(5)33)9-10-30(31)15-39-30/h12,17-18,23-25,27H,8-11,13-16H2,1-7H3/t17-,18+,23+,24-,25-,27+,29-,30-,31+/m1/s1. The molecule has 2 saturated carbocycles. The lowest BCUT2D eigenvalue weighted by molar-refractivity contribution is -0.259. The van der Waals surface area contributed by atoms with Crippen LogP contribution in [-0.2, 0) is 52.4 Å². The largest absolute Gasteiger partial charge is 0.465 e. The van der Waals surface area contributed by atoms with Crippen molar-refractivity contribution in [3.05, 3.63) is 11.6 Å². The van der Waals surface area contributed by atoms with Gasteiger partial charge >= 0.3 is 29.8 Å². The first-order chi connectivity index (χ1) is 19.7. The van der Waals surface area contributed by atoms with Crippen molar-refractivity contribution < 1.29 is 52.4 Å². The van der Waals surface area contributed by atoms with E-state index in [0.29, 0.717) is 37.9 Å². The lowest BCUT2D eigenvalue weighted by atomic mass is 9.42. The molecule has 11 heteroatoms. The molecule has 234 valence electrons. The molecular weight excluding hydrogens is 548 g/mol. The van der Waals surface area contributed by atoms with Crippen molar-refractivity contribution in [2.24, 2.45) is 28.6 Å². The highest BCUT2D eigenvalue weighted by atomic mass is 16.6. The highest BCUT2D eigenvalue weighted by Gasteiger charge is 2.77. The summed E-state index contributed by atoms with van der Waals surface area (Å²) in [5, 5.41) is 0. The monoisotopic (exact) mass is 592 g/mol. The quantitative estimate of drug-likeness (QED) is 0.209. The molecule has 1 saturated heterocycles. The van der Waals surface area contributed by atoms with Crippen molar-refractivity contribution in [2.45, 2.75) is 104 Å². The fraction of sp³-hybridized carbons (Fsp3) is 0.774. The third-order valence-corrected chi connectivity index (χ3v) is 10.2. The summed E-state index contributed by atoms with van der Waals surface area (Å²) >= 11 is 0. The second-order valence-corrected chi connectivity index (χ2v) is 12.8. The third-order valence-electron chi connectivity index (χ3n) is 10.2. The predicted octanol–water partition coefficient (Wildman–Crippen LogP) is 3.46. The summed E-state index contributed by atoms with van der Waals surface area (Å²) in [6.45, 7) is 12.0. The Morgan fingerprint density at radius 3 is 2.29 bits per heavy atom. The molecule has 9 atom stereocenters. The van der Waals surface area contributed by atoms with Crippen LogP contribution in [0.15, 0.2) is 11.6 Å². The predicted molar refractivity (Wildman–Crippen MR) is 146 cm³/mol. The van der Waals surface area contributed by atoms with Crippen molar-refractivity contribution in [1.29, 1.82) is 0 Å². The highest BCUT2D eigenvalue weighted by molar-refractivity contribution is 5.85. The van der Waals surface area contributed by atoms with E-state index < -0.39 is 64.5 Å². The van der Waals surface area contributed by atoms with Gasteiger partial charge in [0.15, 0.2) is 0 Å². The van der Waals surface area contributed by atoms with Crippen LogP contribution in [0.5, 0.6) is 0 Å². The minimum Gasteiger partial charge on any atom is -0.465 e. The second kappa shape index (κ2) is 12.0. The number of fused-ring (bicyclic) bond motifs is 2. The van der Waals surface area contributed by atoms with Crippen LogP contribution in [0.3, 0.4) is 0 Å². The van der Waals surface area contributed by atoms with Crippen LogP contribution < -0.4 is 0 Å². The van der Waals surface area contributed by atoms with Crippen molar-refractivity contribution in [1.82, 2.24) is 0 Å². The lowest BCUT2D eigenvalue weighted by Crippen LogP contribution is -2.71. The average Bonchev–Trinajstić information content (AvgIpc) is 3.56. The minimum atomic E-state index is -1.05. The summed E-state index contributed by atoms with van der Waals surface area (Å²) in [5.41, 5.74) is -2.00. The number of rotatable bonds is 10. The molecule has 4 rings (SSSR count). The molecule has 0 aromatic carbocycles. The maximum atomic E-state index is 13.1. The zero-order valence-electron chi connectivity index (χ0n) is 25.7. The summed E-state index contributed by atoms with van der Waals surface area (Å²) < 4.78 is 35.2. The van der Waals surface area contributed by atoms with Crippen molar-refractivity contribution in [2.75, 3.05) is 19.8 Å². The summed E-state index contributed by atoms with van der Waals surface area (Å²) in [5.74, 6) is -3.36. The van der Waals surface area contributed by atoms with Gasteiger partial charge in [0.05, 0.1) is 17.9 Å². The number of epoxide rings is 1. The Balaban J connectivity index is 1.87. The van der Waals surface area contributed by atoms with Crippen LogP contribution in [0, 0.1) is 28.6 Å². The van der Waals surface area contributed by atoms with Gasteiger partial charge in [-0.25, -0.2) is 4.79 Å². The molecule has 0 radical (unpaired) electrons. The van der Waals surface area contributed by atoms with Gasteiger partial charge in [0.2, 0.25) is 0 Å². The number of esters is 5. The van der Waals surface area contributed by atoms with Gasteiger partial charge in [-0.15, -0.1) is 0 Å². The Bertz CT molecular complexity index is 1140. The van der Waals surface area contributed by atoms with Crippen LogP contribution in [0.1, 0.15) is 80.6 Å². The molecule has 11 nitrogen and oxygen atoms in total. The maximum Gasteiger partial charge on any atom is 0.331 e. The first-order valence-corrected chi connectivity index (χ1v) is 14.9. The molecule has 0 bridgehead atoms. The molecule has 2 heterocycles. The molecule has 4 aliphatic rings. The highest BCUT2D eigenvalue weighted by Crippen LogP contribution is 2.69. The first kappa shape index (κ1) is 32.0. The van der Waals surface area contributed by atoms with E-state index in [-0.39, 0.29) is 37.4 Å². The Morgan fingerprint density at radius 1 is 1.10 bits per heavy atom. The smallest absolute Gasteiger partial charge is 0.331 e. The van der Waals surface area contributed by atoms with E-state index in [1.165, 1.54) is 26.8 Å². The number of cyclic esters (lactones) is 1. The van der Waals surface area contributed by atoms with Crippen molar-refractivity contribution in [3.63, 3.8) is 0 Å². The SMILES string of the molecule is CC[C@@H](C)C(=O)O[C@H](C[C@]1(C)[C@@H](C)C[C@@H](OC(C)=O)[C@@]2(COC(C)=O)[C@H]1[C@@H](OC(C)=O)CC[C@@]21CO1)C1=CC(=O)OC1.